The first kappa shape index (κ1) is 15.1. The Kier molecular flexibility index (Phi) is 5.31. The van der Waals surface area contributed by atoms with E-state index in [4.69, 9.17) is 5.11 Å². The average molecular weight is 271 g/mol. The van der Waals surface area contributed by atoms with Gasteiger partial charge in [-0.1, -0.05) is 37.3 Å². The first-order valence-electron chi connectivity index (χ1n) is 6.00. The first-order chi connectivity index (χ1) is 8.38. The number of aliphatic hydroxyl groups excluding tert-OH is 1. The largest absolute Gasteiger partial charge is 0.395 e. The monoisotopic (exact) mass is 271 g/mol. The quantitative estimate of drug-likeness (QED) is 0.851. The second-order valence-corrected chi connectivity index (χ2v) is 6.71. The van der Waals surface area contributed by atoms with Crippen molar-refractivity contribution in [2.24, 2.45) is 0 Å². The van der Waals surface area contributed by atoms with Gasteiger partial charge in [0, 0.05) is 13.1 Å². The molecular weight excluding hydrogens is 250 g/mol. The maximum atomic E-state index is 12.1. The van der Waals surface area contributed by atoms with Crippen molar-refractivity contribution in [2.75, 3.05) is 19.4 Å². The number of benzene rings is 1. The van der Waals surface area contributed by atoms with Crippen LogP contribution in [0.3, 0.4) is 0 Å². The summed E-state index contributed by atoms with van der Waals surface area (Å²) < 4.78 is 25.5. The minimum atomic E-state index is -3.35. The van der Waals surface area contributed by atoms with Crippen LogP contribution < -0.4 is 0 Å². The van der Waals surface area contributed by atoms with Crippen LogP contribution >= 0.6 is 0 Å². The fourth-order valence-electron chi connectivity index (χ4n) is 1.70. The van der Waals surface area contributed by atoms with Crippen molar-refractivity contribution in [3.63, 3.8) is 0 Å². The van der Waals surface area contributed by atoms with Crippen LogP contribution in [0, 0.1) is 0 Å². The minimum absolute atomic E-state index is 0.0534. The Morgan fingerprint density at radius 3 is 2.28 bits per heavy atom. The second kappa shape index (κ2) is 6.31. The molecule has 0 aliphatic heterocycles. The van der Waals surface area contributed by atoms with Gasteiger partial charge in [0.1, 0.15) is 0 Å². The fourth-order valence-corrected chi connectivity index (χ4v) is 3.37. The molecule has 2 unspecified atom stereocenters. The van der Waals surface area contributed by atoms with E-state index in [1.165, 1.54) is 11.4 Å². The normalized spacial score (nSPS) is 15.6. The van der Waals surface area contributed by atoms with E-state index in [1.807, 2.05) is 37.3 Å². The van der Waals surface area contributed by atoms with Crippen molar-refractivity contribution in [3.8, 4) is 0 Å². The number of hydrogen-bond acceptors (Lipinski definition) is 3. The van der Waals surface area contributed by atoms with E-state index in [2.05, 4.69) is 0 Å². The van der Waals surface area contributed by atoms with Gasteiger partial charge in [0.25, 0.3) is 0 Å². The standard InChI is InChI=1S/C13H21NO3S/c1-11(13-7-5-4-6-8-13)10-18(16,17)14(3)12(2)9-15/h4-8,11-12,15H,9-10H2,1-3H3. The van der Waals surface area contributed by atoms with Crippen molar-refractivity contribution >= 4 is 10.0 Å². The Balaban J connectivity index is 2.78. The molecular formula is C13H21NO3S. The molecule has 0 heterocycles. The van der Waals surface area contributed by atoms with Crippen LogP contribution in [0.5, 0.6) is 0 Å². The summed E-state index contributed by atoms with van der Waals surface area (Å²) in [6.45, 7) is 3.41. The maximum Gasteiger partial charge on any atom is 0.214 e. The van der Waals surface area contributed by atoms with Crippen LogP contribution in [0.2, 0.25) is 0 Å². The summed E-state index contributed by atoms with van der Waals surface area (Å²) in [7, 11) is -1.84. The highest BCUT2D eigenvalue weighted by molar-refractivity contribution is 7.89. The van der Waals surface area contributed by atoms with Gasteiger partial charge < -0.3 is 5.11 Å². The predicted molar refractivity (Wildman–Crippen MR) is 73.0 cm³/mol. The molecule has 1 aromatic carbocycles. The molecule has 0 aliphatic rings. The zero-order chi connectivity index (χ0) is 13.8. The molecule has 102 valence electrons. The van der Waals surface area contributed by atoms with Crippen LogP contribution in [0.4, 0.5) is 0 Å². The van der Waals surface area contributed by atoms with Gasteiger partial charge in [-0.15, -0.1) is 0 Å². The highest BCUT2D eigenvalue weighted by Gasteiger charge is 2.25. The summed E-state index contributed by atoms with van der Waals surface area (Å²) in [5, 5.41) is 9.01. The lowest BCUT2D eigenvalue weighted by atomic mass is 10.0. The van der Waals surface area contributed by atoms with Crippen LogP contribution in [0.1, 0.15) is 25.3 Å². The van der Waals surface area contributed by atoms with Crippen molar-refractivity contribution in [1.29, 1.82) is 0 Å². The maximum absolute atomic E-state index is 12.1. The van der Waals surface area contributed by atoms with Gasteiger partial charge >= 0.3 is 0 Å². The smallest absolute Gasteiger partial charge is 0.214 e. The third-order valence-electron chi connectivity index (χ3n) is 3.15. The Morgan fingerprint density at radius 1 is 1.22 bits per heavy atom. The highest BCUT2D eigenvalue weighted by atomic mass is 32.2. The van der Waals surface area contributed by atoms with Gasteiger partial charge in [-0.3, -0.25) is 0 Å². The summed E-state index contributed by atoms with van der Waals surface area (Å²) >= 11 is 0. The third-order valence-corrected chi connectivity index (χ3v) is 5.31. The molecule has 0 aliphatic carbocycles. The lowest BCUT2D eigenvalue weighted by Crippen LogP contribution is -2.39. The van der Waals surface area contributed by atoms with Crippen LogP contribution in [0.25, 0.3) is 0 Å². The van der Waals surface area contributed by atoms with E-state index in [0.717, 1.165) is 5.56 Å². The summed E-state index contributed by atoms with van der Waals surface area (Å²) in [6.07, 6.45) is 0. The molecule has 0 fully saturated rings. The van der Waals surface area contributed by atoms with Gasteiger partial charge in [0.2, 0.25) is 10.0 Å². The molecule has 2 atom stereocenters. The molecule has 1 aromatic rings. The SMILES string of the molecule is CC(CS(=O)(=O)N(C)C(C)CO)c1ccccc1. The van der Waals surface area contributed by atoms with Crippen LogP contribution in [-0.4, -0.2) is 43.3 Å². The molecule has 4 nitrogen and oxygen atoms in total. The first-order valence-corrected chi connectivity index (χ1v) is 7.61. The number of hydrogen-bond donors (Lipinski definition) is 1. The number of nitrogens with zero attached hydrogens (tertiary/aromatic N) is 1. The second-order valence-electron chi connectivity index (χ2n) is 4.64. The minimum Gasteiger partial charge on any atom is -0.395 e. The molecule has 0 aromatic heterocycles. The molecule has 5 heteroatoms. The Labute approximate surface area is 109 Å². The van der Waals surface area contributed by atoms with Gasteiger partial charge in [-0.05, 0) is 18.4 Å². The lowest BCUT2D eigenvalue weighted by Gasteiger charge is -2.24. The Hall–Kier alpha value is -0.910. The molecule has 0 spiro atoms. The van der Waals surface area contributed by atoms with E-state index in [1.54, 1.807) is 6.92 Å². The van der Waals surface area contributed by atoms with E-state index in [0.29, 0.717) is 0 Å². The van der Waals surface area contributed by atoms with Crippen molar-refractivity contribution in [3.05, 3.63) is 35.9 Å². The zero-order valence-corrected chi connectivity index (χ0v) is 11.9. The molecule has 18 heavy (non-hydrogen) atoms. The summed E-state index contributed by atoms with van der Waals surface area (Å²) in [5.74, 6) is -0.0118. The van der Waals surface area contributed by atoms with Gasteiger partial charge in [-0.2, -0.15) is 4.31 Å². The number of aliphatic hydroxyl groups is 1. The molecule has 1 rings (SSSR count). The summed E-state index contributed by atoms with van der Waals surface area (Å²) in [4.78, 5) is 0. The number of rotatable bonds is 6. The van der Waals surface area contributed by atoms with Crippen LogP contribution in [0.15, 0.2) is 30.3 Å². The topological polar surface area (TPSA) is 57.6 Å². The Bertz CT molecular complexity index is 458. The molecule has 0 bridgehead atoms. The van der Waals surface area contributed by atoms with E-state index in [9.17, 15) is 8.42 Å². The highest BCUT2D eigenvalue weighted by Crippen LogP contribution is 2.19. The van der Waals surface area contributed by atoms with E-state index >= 15 is 0 Å². The number of sulfonamides is 1. The summed E-state index contributed by atoms with van der Waals surface area (Å²) in [6, 6.07) is 9.17. The van der Waals surface area contributed by atoms with Gasteiger partial charge in [0.05, 0.1) is 12.4 Å². The zero-order valence-electron chi connectivity index (χ0n) is 11.1. The van der Waals surface area contributed by atoms with Crippen molar-refractivity contribution in [2.45, 2.75) is 25.8 Å². The van der Waals surface area contributed by atoms with Crippen molar-refractivity contribution in [1.82, 2.24) is 4.31 Å². The predicted octanol–water partition coefficient (Wildman–Crippen LogP) is 1.43. The van der Waals surface area contributed by atoms with Gasteiger partial charge in [-0.25, -0.2) is 8.42 Å². The molecule has 0 saturated heterocycles. The number of likely N-dealkylation sites (N-methyl/N-ethyl adjacent to an activating group) is 1. The Morgan fingerprint density at radius 2 is 1.78 bits per heavy atom. The fraction of sp³-hybridized carbons (Fsp3) is 0.538. The summed E-state index contributed by atoms with van der Waals surface area (Å²) in [5.41, 5.74) is 1.01. The van der Waals surface area contributed by atoms with E-state index < -0.39 is 16.1 Å². The van der Waals surface area contributed by atoms with E-state index in [-0.39, 0.29) is 18.3 Å². The molecule has 0 amide bonds. The molecule has 0 radical (unpaired) electrons. The molecule has 0 saturated carbocycles. The molecule has 1 N–H and O–H groups in total. The van der Waals surface area contributed by atoms with Crippen molar-refractivity contribution < 1.29 is 13.5 Å². The van der Waals surface area contributed by atoms with Crippen LogP contribution in [-0.2, 0) is 10.0 Å². The average Bonchev–Trinajstić information content (AvgIpc) is 2.37. The third kappa shape index (κ3) is 3.80. The lowest BCUT2D eigenvalue weighted by molar-refractivity contribution is 0.213. The van der Waals surface area contributed by atoms with Gasteiger partial charge in [0.15, 0.2) is 0 Å².